The molecule has 4 rings (SSSR count). The second-order valence-corrected chi connectivity index (χ2v) is 7.88. The van der Waals surface area contributed by atoms with Gasteiger partial charge < -0.3 is 0 Å². The third kappa shape index (κ3) is 3.37. The van der Waals surface area contributed by atoms with Gasteiger partial charge in [-0.05, 0) is 35.7 Å². The van der Waals surface area contributed by atoms with Gasteiger partial charge in [0.2, 0.25) is 0 Å². The van der Waals surface area contributed by atoms with E-state index in [9.17, 15) is 13.2 Å². The van der Waals surface area contributed by atoms with Crippen LogP contribution in [0, 0.1) is 0 Å². The molecule has 28 heavy (non-hydrogen) atoms. The average Bonchev–Trinajstić information content (AvgIpc) is 2.73. The SMILES string of the molecule is O=C(c1ccccc1NS(=O)(=O)c1ccccc1)c1cccc2ccncc12. The van der Waals surface area contributed by atoms with Gasteiger partial charge >= 0.3 is 0 Å². The van der Waals surface area contributed by atoms with E-state index in [2.05, 4.69) is 9.71 Å². The van der Waals surface area contributed by atoms with E-state index >= 15 is 0 Å². The van der Waals surface area contributed by atoms with Gasteiger partial charge in [0.05, 0.1) is 10.6 Å². The van der Waals surface area contributed by atoms with Crippen molar-refractivity contribution < 1.29 is 13.2 Å². The quantitative estimate of drug-likeness (QED) is 0.518. The molecule has 0 spiro atoms. The molecule has 5 nitrogen and oxygen atoms in total. The zero-order chi connectivity index (χ0) is 19.6. The van der Waals surface area contributed by atoms with E-state index < -0.39 is 10.0 Å². The second-order valence-electron chi connectivity index (χ2n) is 6.20. The van der Waals surface area contributed by atoms with Gasteiger partial charge in [0, 0.05) is 28.9 Å². The smallest absolute Gasteiger partial charge is 0.261 e. The maximum absolute atomic E-state index is 13.2. The number of nitrogens with zero attached hydrogens (tertiary/aromatic N) is 1. The highest BCUT2D eigenvalue weighted by atomic mass is 32.2. The molecule has 138 valence electrons. The van der Waals surface area contributed by atoms with E-state index in [0.717, 1.165) is 10.8 Å². The lowest BCUT2D eigenvalue weighted by Gasteiger charge is -2.13. The fourth-order valence-electron chi connectivity index (χ4n) is 3.03. The van der Waals surface area contributed by atoms with Crippen LogP contribution < -0.4 is 4.72 Å². The molecule has 0 amide bonds. The van der Waals surface area contributed by atoms with Crippen molar-refractivity contribution in [1.29, 1.82) is 0 Å². The number of benzene rings is 3. The lowest BCUT2D eigenvalue weighted by Crippen LogP contribution is -2.16. The van der Waals surface area contributed by atoms with Crippen molar-refractivity contribution in [2.45, 2.75) is 4.90 Å². The molecule has 0 atom stereocenters. The summed E-state index contributed by atoms with van der Waals surface area (Å²) < 4.78 is 27.9. The predicted molar refractivity (Wildman–Crippen MR) is 109 cm³/mol. The molecule has 1 heterocycles. The van der Waals surface area contributed by atoms with Gasteiger partial charge in [-0.25, -0.2) is 8.42 Å². The number of carbonyl (C=O) groups is 1. The highest BCUT2D eigenvalue weighted by Gasteiger charge is 2.20. The Bertz CT molecular complexity index is 1260. The van der Waals surface area contributed by atoms with Crippen molar-refractivity contribution in [3.8, 4) is 0 Å². The third-order valence-corrected chi connectivity index (χ3v) is 5.78. The number of carbonyl (C=O) groups excluding carboxylic acids is 1. The van der Waals surface area contributed by atoms with Crippen LogP contribution in [0.4, 0.5) is 5.69 Å². The fourth-order valence-corrected chi connectivity index (χ4v) is 4.13. The number of sulfonamides is 1. The van der Waals surface area contributed by atoms with Crippen LogP contribution in [-0.4, -0.2) is 19.2 Å². The number of anilines is 1. The van der Waals surface area contributed by atoms with Crippen LogP contribution in [0.1, 0.15) is 15.9 Å². The largest absolute Gasteiger partial charge is 0.289 e. The van der Waals surface area contributed by atoms with Crippen molar-refractivity contribution in [1.82, 2.24) is 4.98 Å². The first-order valence-corrected chi connectivity index (χ1v) is 10.1. The van der Waals surface area contributed by atoms with E-state index in [-0.39, 0.29) is 21.9 Å². The molecule has 0 unspecified atom stereocenters. The normalized spacial score (nSPS) is 11.3. The van der Waals surface area contributed by atoms with Crippen LogP contribution in [0.2, 0.25) is 0 Å². The Labute approximate surface area is 162 Å². The first-order chi connectivity index (χ1) is 13.6. The van der Waals surface area contributed by atoms with Gasteiger partial charge in [-0.3, -0.25) is 14.5 Å². The first-order valence-electron chi connectivity index (χ1n) is 8.60. The van der Waals surface area contributed by atoms with Crippen LogP contribution in [0.25, 0.3) is 10.8 Å². The second kappa shape index (κ2) is 7.25. The van der Waals surface area contributed by atoms with Gasteiger partial charge in [0.25, 0.3) is 10.0 Å². The van der Waals surface area contributed by atoms with Gasteiger partial charge in [-0.2, -0.15) is 0 Å². The summed E-state index contributed by atoms with van der Waals surface area (Å²) in [5.41, 5.74) is 0.979. The number of aromatic nitrogens is 1. The van der Waals surface area contributed by atoms with E-state index in [1.54, 1.807) is 67.0 Å². The Morgan fingerprint density at radius 1 is 0.786 bits per heavy atom. The Balaban J connectivity index is 1.77. The summed E-state index contributed by atoms with van der Waals surface area (Å²) in [6, 6.07) is 21.9. The van der Waals surface area contributed by atoms with Crippen LogP contribution in [-0.2, 0) is 10.0 Å². The molecule has 3 aromatic carbocycles. The number of pyridine rings is 1. The Kier molecular flexibility index (Phi) is 4.63. The van der Waals surface area contributed by atoms with Gasteiger partial charge in [0.15, 0.2) is 5.78 Å². The Morgan fingerprint density at radius 2 is 1.50 bits per heavy atom. The van der Waals surface area contributed by atoms with Crippen molar-refractivity contribution >= 4 is 32.3 Å². The van der Waals surface area contributed by atoms with E-state index in [1.807, 2.05) is 12.1 Å². The highest BCUT2D eigenvalue weighted by molar-refractivity contribution is 7.92. The molecule has 4 aromatic rings. The van der Waals surface area contributed by atoms with Gasteiger partial charge in [-0.1, -0.05) is 48.5 Å². The molecule has 6 heteroatoms. The summed E-state index contributed by atoms with van der Waals surface area (Å²) in [5, 5.41) is 1.61. The maximum Gasteiger partial charge on any atom is 0.261 e. The third-order valence-electron chi connectivity index (χ3n) is 4.40. The van der Waals surface area contributed by atoms with Crippen molar-refractivity contribution in [2.24, 2.45) is 0 Å². The Morgan fingerprint density at radius 3 is 2.32 bits per heavy atom. The number of nitrogens with one attached hydrogen (secondary N) is 1. The first kappa shape index (κ1) is 17.9. The summed E-state index contributed by atoms with van der Waals surface area (Å²) in [7, 11) is -3.81. The van der Waals surface area contributed by atoms with Crippen molar-refractivity contribution in [3.05, 3.63) is 102 Å². The lowest BCUT2D eigenvalue weighted by atomic mass is 9.97. The van der Waals surface area contributed by atoms with E-state index in [0.29, 0.717) is 5.56 Å². The molecule has 0 bridgehead atoms. The summed E-state index contributed by atoms with van der Waals surface area (Å²) in [4.78, 5) is 17.5. The number of ketones is 1. The molecule has 1 N–H and O–H groups in total. The monoisotopic (exact) mass is 388 g/mol. The number of fused-ring (bicyclic) bond motifs is 1. The summed E-state index contributed by atoms with van der Waals surface area (Å²) >= 11 is 0. The van der Waals surface area contributed by atoms with E-state index in [1.165, 1.54) is 12.1 Å². The molecular weight excluding hydrogens is 372 g/mol. The molecule has 0 aliphatic rings. The summed E-state index contributed by atoms with van der Waals surface area (Å²) in [6.45, 7) is 0. The van der Waals surface area contributed by atoms with Gasteiger partial charge in [0.1, 0.15) is 0 Å². The minimum absolute atomic E-state index is 0.131. The molecule has 0 saturated heterocycles. The average molecular weight is 388 g/mol. The topological polar surface area (TPSA) is 76.1 Å². The molecule has 0 radical (unpaired) electrons. The molecule has 0 fully saturated rings. The molecule has 0 aliphatic heterocycles. The minimum Gasteiger partial charge on any atom is -0.289 e. The standard InChI is InChI=1S/C22H16N2O3S/c25-22(18-11-6-7-16-13-14-23-15-20(16)18)19-10-4-5-12-21(19)24-28(26,27)17-8-2-1-3-9-17/h1-15,24H. The van der Waals surface area contributed by atoms with Crippen LogP contribution in [0.5, 0.6) is 0 Å². The predicted octanol–water partition coefficient (Wildman–Crippen LogP) is 4.27. The zero-order valence-electron chi connectivity index (χ0n) is 14.7. The number of para-hydroxylation sites is 1. The van der Waals surface area contributed by atoms with Crippen LogP contribution in [0.15, 0.2) is 96.2 Å². The van der Waals surface area contributed by atoms with Crippen LogP contribution in [0.3, 0.4) is 0 Å². The molecular formula is C22H16N2O3S. The Hall–Kier alpha value is -3.51. The molecule has 1 aromatic heterocycles. The molecule has 0 saturated carbocycles. The van der Waals surface area contributed by atoms with Gasteiger partial charge in [-0.15, -0.1) is 0 Å². The maximum atomic E-state index is 13.2. The number of hydrogen-bond donors (Lipinski definition) is 1. The van der Waals surface area contributed by atoms with Crippen LogP contribution >= 0.6 is 0 Å². The summed E-state index contributed by atoms with van der Waals surface area (Å²) in [6.07, 6.45) is 3.30. The lowest BCUT2D eigenvalue weighted by molar-refractivity contribution is 0.104. The minimum atomic E-state index is -3.81. The number of rotatable bonds is 5. The zero-order valence-corrected chi connectivity index (χ0v) is 15.6. The fraction of sp³-hybridized carbons (Fsp3) is 0. The highest BCUT2D eigenvalue weighted by Crippen LogP contribution is 2.26. The van der Waals surface area contributed by atoms with E-state index in [4.69, 9.17) is 0 Å². The van der Waals surface area contributed by atoms with Crippen molar-refractivity contribution in [2.75, 3.05) is 4.72 Å². The molecule has 0 aliphatic carbocycles. The number of hydrogen-bond acceptors (Lipinski definition) is 4. The van der Waals surface area contributed by atoms with Crippen molar-refractivity contribution in [3.63, 3.8) is 0 Å². The summed E-state index contributed by atoms with van der Waals surface area (Å²) in [5.74, 6) is -0.273.